The van der Waals surface area contributed by atoms with Crippen LogP contribution in [0.25, 0.3) is 11.3 Å². The van der Waals surface area contributed by atoms with E-state index in [1.54, 1.807) is 19.4 Å². The molecule has 152 valence electrons. The van der Waals surface area contributed by atoms with E-state index in [1.807, 2.05) is 60.0 Å². The Labute approximate surface area is 184 Å². The minimum Gasteiger partial charge on any atom is -0.497 e. The molecule has 4 rings (SSSR count). The number of nitrogens with one attached hydrogen (secondary N) is 1. The molecule has 6 heteroatoms. The number of benzene rings is 3. The predicted molar refractivity (Wildman–Crippen MR) is 124 cm³/mol. The number of anilines is 1. The quantitative estimate of drug-likeness (QED) is 0.249. The second kappa shape index (κ2) is 9.70. The molecule has 0 atom stereocenters. The Morgan fingerprint density at radius 1 is 1.03 bits per heavy atom. The number of halogens is 1. The molecular weight excluding hydrogens is 409 g/mol. The van der Waals surface area contributed by atoms with Gasteiger partial charge in [-0.2, -0.15) is 5.10 Å². The minimum atomic E-state index is -0.350. The van der Waals surface area contributed by atoms with Gasteiger partial charge < -0.3 is 4.74 Å². The maximum atomic E-state index is 13.8. The monoisotopic (exact) mass is 427 g/mol. The lowest BCUT2D eigenvalue weighted by molar-refractivity contribution is 0.415. The number of ether oxygens (including phenoxy) is 1. The summed E-state index contributed by atoms with van der Waals surface area (Å²) >= 11 is 1.46. The van der Waals surface area contributed by atoms with E-state index in [1.165, 1.54) is 23.5 Å². The molecule has 3 aromatic carbocycles. The van der Waals surface area contributed by atoms with Crippen molar-refractivity contribution in [3.63, 3.8) is 0 Å². The minimum absolute atomic E-state index is 0.350. The van der Waals surface area contributed by atoms with Gasteiger partial charge in [-0.25, -0.2) is 9.37 Å². The smallest absolute Gasteiger partial charge is 0.203 e. The van der Waals surface area contributed by atoms with Gasteiger partial charge in [-0.15, -0.1) is 11.3 Å². The number of hydrogen-bond donors (Lipinski definition) is 1. The molecule has 0 bridgehead atoms. The number of rotatable bonds is 5. The second-order valence-corrected chi connectivity index (χ2v) is 7.34. The molecule has 0 spiro atoms. The van der Waals surface area contributed by atoms with Crippen LogP contribution in [-0.4, -0.2) is 18.3 Å². The fraction of sp³-hybridized carbons (Fsp3) is 0.0400. The molecule has 1 aromatic heterocycles. The van der Waals surface area contributed by atoms with Crippen LogP contribution < -0.4 is 10.2 Å². The summed E-state index contributed by atoms with van der Waals surface area (Å²) in [6.45, 7) is 0. The van der Waals surface area contributed by atoms with Gasteiger partial charge in [0.2, 0.25) is 5.13 Å². The highest BCUT2D eigenvalue weighted by atomic mass is 32.1. The zero-order chi connectivity index (χ0) is 21.5. The van der Waals surface area contributed by atoms with E-state index in [4.69, 9.17) is 4.74 Å². The third-order valence-corrected chi connectivity index (χ3v) is 5.13. The number of hydrazone groups is 1. The zero-order valence-corrected chi connectivity index (χ0v) is 17.5. The van der Waals surface area contributed by atoms with Crippen LogP contribution in [-0.2, 0) is 0 Å². The lowest BCUT2D eigenvalue weighted by Gasteiger charge is -2.00. The van der Waals surface area contributed by atoms with Crippen molar-refractivity contribution >= 4 is 22.7 Å². The van der Waals surface area contributed by atoms with Gasteiger partial charge >= 0.3 is 0 Å². The molecular formula is C25H18FN3OS. The van der Waals surface area contributed by atoms with Gasteiger partial charge in [0.05, 0.1) is 19.0 Å². The maximum absolute atomic E-state index is 13.8. The Balaban J connectivity index is 1.49. The van der Waals surface area contributed by atoms with Crippen LogP contribution in [0.1, 0.15) is 16.7 Å². The van der Waals surface area contributed by atoms with E-state index >= 15 is 0 Å². The van der Waals surface area contributed by atoms with Crippen molar-refractivity contribution in [2.45, 2.75) is 0 Å². The molecule has 0 saturated heterocycles. The molecule has 1 N–H and O–H groups in total. The fourth-order valence-corrected chi connectivity index (χ4v) is 3.46. The average Bonchev–Trinajstić information content (AvgIpc) is 3.29. The summed E-state index contributed by atoms with van der Waals surface area (Å²) in [6.07, 6.45) is 1.61. The first-order chi connectivity index (χ1) is 15.2. The van der Waals surface area contributed by atoms with Crippen LogP contribution in [0.15, 0.2) is 83.3 Å². The first-order valence-corrected chi connectivity index (χ1v) is 10.3. The molecule has 0 aliphatic rings. The standard InChI is InChI=1S/C25H18FN3OS/c1-30-23-13-8-18(9-14-23)7-10-20-15-22(26)12-11-21(20)16-27-29-25-28-24(17-31-25)19-5-3-2-4-6-19/h2-6,8-9,11-17H,1H3,(H,28,29). The molecule has 0 saturated carbocycles. The Morgan fingerprint density at radius 3 is 2.61 bits per heavy atom. The molecule has 0 aliphatic carbocycles. The highest BCUT2D eigenvalue weighted by Gasteiger charge is 2.04. The molecule has 0 fully saturated rings. The number of thiazole rings is 1. The first kappa shape index (κ1) is 20.3. The van der Waals surface area contributed by atoms with Gasteiger partial charge in [0, 0.05) is 27.6 Å². The summed E-state index contributed by atoms with van der Waals surface area (Å²) in [5.74, 6) is 6.47. The average molecular weight is 428 g/mol. The van der Waals surface area contributed by atoms with Crippen LogP contribution in [0.5, 0.6) is 5.75 Å². The SMILES string of the molecule is COc1ccc(C#Cc2cc(F)ccc2C=NNc2nc(-c3ccccc3)cs2)cc1. The summed E-state index contributed by atoms with van der Waals surface area (Å²) in [5, 5.41) is 6.89. The Bertz CT molecular complexity index is 1260. The molecule has 4 nitrogen and oxygen atoms in total. The van der Waals surface area contributed by atoms with Gasteiger partial charge in [0.1, 0.15) is 11.6 Å². The van der Waals surface area contributed by atoms with Crippen LogP contribution in [0.2, 0.25) is 0 Å². The lowest BCUT2D eigenvalue weighted by atomic mass is 10.1. The fourth-order valence-electron chi connectivity index (χ4n) is 2.79. The van der Waals surface area contributed by atoms with Crippen LogP contribution in [0, 0.1) is 17.7 Å². The normalized spacial score (nSPS) is 10.5. The lowest BCUT2D eigenvalue weighted by Crippen LogP contribution is -1.94. The van der Waals surface area contributed by atoms with Crippen LogP contribution >= 0.6 is 11.3 Å². The predicted octanol–water partition coefficient (Wildman–Crippen LogP) is 5.80. The number of aromatic nitrogens is 1. The van der Waals surface area contributed by atoms with Crippen molar-refractivity contribution in [3.8, 4) is 28.8 Å². The highest BCUT2D eigenvalue weighted by molar-refractivity contribution is 7.14. The molecule has 1 heterocycles. The second-order valence-electron chi connectivity index (χ2n) is 6.48. The Hall–Kier alpha value is -3.95. The van der Waals surface area contributed by atoms with Crippen molar-refractivity contribution in [2.24, 2.45) is 5.10 Å². The van der Waals surface area contributed by atoms with Crippen molar-refractivity contribution in [1.82, 2.24) is 4.98 Å². The van der Waals surface area contributed by atoms with E-state index < -0.39 is 0 Å². The van der Waals surface area contributed by atoms with Crippen molar-refractivity contribution < 1.29 is 9.13 Å². The topological polar surface area (TPSA) is 46.5 Å². The van der Waals surface area contributed by atoms with Gasteiger partial charge in [-0.1, -0.05) is 42.2 Å². The van der Waals surface area contributed by atoms with Gasteiger partial charge in [0.25, 0.3) is 0 Å². The Morgan fingerprint density at radius 2 is 1.84 bits per heavy atom. The van der Waals surface area contributed by atoms with E-state index in [9.17, 15) is 4.39 Å². The summed E-state index contributed by atoms with van der Waals surface area (Å²) in [5.41, 5.74) is 6.92. The summed E-state index contributed by atoms with van der Waals surface area (Å²) in [7, 11) is 1.61. The third kappa shape index (κ3) is 5.35. The van der Waals surface area contributed by atoms with Gasteiger partial charge in [-0.05, 0) is 42.5 Å². The number of hydrogen-bond acceptors (Lipinski definition) is 5. The van der Waals surface area contributed by atoms with Crippen LogP contribution in [0.3, 0.4) is 0 Å². The van der Waals surface area contributed by atoms with E-state index in [0.717, 1.165) is 22.6 Å². The molecule has 0 amide bonds. The Kier molecular flexibility index (Phi) is 6.36. The van der Waals surface area contributed by atoms with Crippen molar-refractivity contribution in [2.75, 3.05) is 12.5 Å². The van der Waals surface area contributed by atoms with Gasteiger partial charge in [0.15, 0.2) is 0 Å². The molecule has 4 aromatic rings. The zero-order valence-electron chi connectivity index (χ0n) is 16.7. The van der Waals surface area contributed by atoms with E-state index in [2.05, 4.69) is 27.4 Å². The summed E-state index contributed by atoms with van der Waals surface area (Å²) < 4.78 is 18.9. The van der Waals surface area contributed by atoms with Crippen molar-refractivity contribution in [3.05, 3.63) is 101 Å². The number of nitrogens with zero attached hydrogens (tertiary/aromatic N) is 2. The molecule has 0 aliphatic heterocycles. The number of methoxy groups -OCH3 is 1. The van der Waals surface area contributed by atoms with E-state index in [0.29, 0.717) is 16.3 Å². The van der Waals surface area contributed by atoms with Crippen LogP contribution in [0.4, 0.5) is 9.52 Å². The first-order valence-electron chi connectivity index (χ1n) is 9.47. The maximum Gasteiger partial charge on any atom is 0.203 e. The largest absolute Gasteiger partial charge is 0.497 e. The summed E-state index contributed by atoms with van der Waals surface area (Å²) in [4.78, 5) is 4.53. The molecule has 0 unspecified atom stereocenters. The van der Waals surface area contributed by atoms with Crippen molar-refractivity contribution in [1.29, 1.82) is 0 Å². The van der Waals surface area contributed by atoms with Gasteiger partial charge in [-0.3, -0.25) is 5.43 Å². The molecule has 31 heavy (non-hydrogen) atoms. The summed E-state index contributed by atoms with van der Waals surface area (Å²) in [6, 6.07) is 21.7. The van der Waals surface area contributed by atoms with E-state index in [-0.39, 0.29) is 5.82 Å². The molecule has 0 radical (unpaired) electrons. The third-order valence-electron chi connectivity index (χ3n) is 4.38. The highest BCUT2D eigenvalue weighted by Crippen LogP contribution is 2.24.